The third-order valence-electron chi connectivity index (χ3n) is 5.26. The highest BCUT2D eigenvalue weighted by Gasteiger charge is 2.31. The molecule has 0 bridgehead atoms. The van der Waals surface area contributed by atoms with Crippen molar-refractivity contribution in [2.24, 2.45) is 0 Å². The van der Waals surface area contributed by atoms with Crippen LogP contribution in [0.25, 0.3) is 11.1 Å². The van der Waals surface area contributed by atoms with Crippen LogP contribution in [0.5, 0.6) is 0 Å². The van der Waals surface area contributed by atoms with Gasteiger partial charge in [0.2, 0.25) is 5.91 Å². The second-order valence-corrected chi connectivity index (χ2v) is 8.24. The number of amides is 1. The Balaban J connectivity index is 1.83. The fourth-order valence-corrected chi connectivity index (χ4v) is 3.75. The highest BCUT2D eigenvalue weighted by atomic mass is 35.5. The maximum Gasteiger partial charge on any atom is 0.397 e. The van der Waals surface area contributed by atoms with Gasteiger partial charge in [0.25, 0.3) is 0 Å². The molecule has 10 heteroatoms. The summed E-state index contributed by atoms with van der Waals surface area (Å²) >= 11 is 6.11. The van der Waals surface area contributed by atoms with Gasteiger partial charge in [-0.15, -0.1) is 0 Å². The zero-order valence-electron chi connectivity index (χ0n) is 19.2. The summed E-state index contributed by atoms with van der Waals surface area (Å²) < 4.78 is 42.6. The van der Waals surface area contributed by atoms with Crippen molar-refractivity contribution in [2.45, 2.75) is 32.5 Å². The predicted octanol–water partition coefficient (Wildman–Crippen LogP) is 6.56. The summed E-state index contributed by atoms with van der Waals surface area (Å²) in [5.74, 6) is -1.53. The van der Waals surface area contributed by atoms with E-state index < -0.39 is 24.5 Å². The first-order valence-electron chi connectivity index (χ1n) is 10.6. The van der Waals surface area contributed by atoms with Crippen LogP contribution in [-0.2, 0) is 9.53 Å². The van der Waals surface area contributed by atoms with E-state index in [0.29, 0.717) is 5.56 Å². The van der Waals surface area contributed by atoms with Gasteiger partial charge in [0.15, 0.2) is 5.82 Å². The van der Waals surface area contributed by atoms with E-state index in [1.165, 1.54) is 19.4 Å². The number of nitrogens with zero attached hydrogens (tertiary/aromatic N) is 1. The van der Waals surface area contributed by atoms with Gasteiger partial charge in [-0.1, -0.05) is 54.1 Å². The lowest BCUT2D eigenvalue weighted by Gasteiger charge is -2.19. The normalized spacial score (nSPS) is 12.1. The molecule has 0 saturated heterocycles. The van der Waals surface area contributed by atoms with Crippen molar-refractivity contribution in [3.05, 3.63) is 76.4 Å². The van der Waals surface area contributed by atoms with Crippen LogP contribution in [0.1, 0.15) is 40.9 Å². The molecular formula is C25H23ClF3N3O3. The number of nitrogens with one attached hydrogen (secondary N) is 2. The smallest absolute Gasteiger partial charge is 0.397 e. The molecule has 184 valence electrons. The molecule has 2 aromatic carbocycles. The molecule has 0 saturated carbocycles. The Labute approximate surface area is 205 Å². The number of alkyl halides is 3. The molecule has 1 unspecified atom stereocenters. The number of anilines is 2. The minimum absolute atomic E-state index is 0.0330. The molecule has 0 radical (unpaired) electrons. The van der Waals surface area contributed by atoms with Gasteiger partial charge in [-0.3, -0.25) is 4.79 Å². The highest BCUT2D eigenvalue weighted by molar-refractivity contribution is 6.34. The molecule has 0 spiro atoms. The summed E-state index contributed by atoms with van der Waals surface area (Å²) in [4.78, 5) is 28.2. The molecule has 1 atom stereocenters. The van der Waals surface area contributed by atoms with E-state index in [4.69, 9.17) is 16.3 Å². The van der Waals surface area contributed by atoms with Crippen LogP contribution in [0, 0.1) is 6.92 Å². The highest BCUT2D eigenvalue weighted by Crippen LogP contribution is 2.33. The monoisotopic (exact) mass is 505 g/mol. The Morgan fingerprint density at radius 2 is 1.80 bits per heavy atom. The fourth-order valence-electron chi connectivity index (χ4n) is 3.55. The number of esters is 1. The quantitative estimate of drug-likeness (QED) is 0.355. The molecule has 1 amide bonds. The van der Waals surface area contributed by atoms with E-state index in [9.17, 15) is 22.8 Å². The maximum atomic E-state index is 12.6. The number of carbonyl (C=O) groups is 2. The second kappa shape index (κ2) is 10.8. The van der Waals surface area contributed by atoms with Crippen LogP contribution in [0.4, 0.5) is 24.7 Å². The van der Waals surface area contributed by atoms with E-state index in [1.54, 1.807) is 0 Å². The first-order chi connectivity index (χ1) is 16.5. The molecule has 3 rings (SSSR count). The van der Waals surface area contributed by atoms with Gasteiger partial charge in [0, 0.05) is 6.20 Å². The van der Waals surface area contributed by atoms with E-state index in [-0.39, 0.29) is 22.6 Å². The van der Waals surface area contributed by atoms with E-state index in [1.807, 2.05) is 56.3 Å². The topological polar surface area (TPSA) is 80.3 Å². The van der Waals surface area contributed by atoms with Crippen molar-refractivity contribution in [1.82, 2.24) is 4.98 Å². The molecule has 0 aliphatic heterocycles. The lowest BCUT2D eigenvalue weighted by Crippen LogP contribution is -2.22. The molecule has 35 heavy (non-hydrogen) atoms. The number of aryl methyl sites for hydroxylation is 1. The first kappa shape index (κ1) is 26.0. The summed E-state index contributed by atoms with van der Waals surface area (Å²) in [6.07, 6.45) is -4.90. The van der Waals surface area contributed by atoms with Crippen LogP contribution in [-0.4, -0.2) is 30.1 Å². The third-order valence-corrected chi connectivity index (χ3v) is 5.58. The van der Waals surface area contributed by atoms with Crippen LogP contribution in [0.2, 0.25) is 5.02 Å². The lowest BCUT2D eigenvalue weighted by atomic mass is 9.94. The number of hydrogen-bond acceptors (Lipinski definition) is 5. The Hall–Kier alpha value is -3.59. The van der Waals surface area contributed by atoms with Crippen LogP contribution < -0.4 is 10.6 Å². The van der Waals surface area contributed by atoms with Crippen molar-refractivity contribution in [3.63, 3.8) is 0 Å². The lowest BCUT2D eigenvalue weighted by molar-refractivity contribution is -0.150. The van der Waals surface area contributed by atoms with Crippen molar-refractivity contribution < 1.29 is 27.5 Å². The number of ether oxygens (including phenoxy) is 1. The fraction of sp³-hybridized carbons (Fsp3) is 0.240. The molecule has 2 N–H and O–H groups in total. The van der Waals surface area contributed by atoms with Gasteiger partial charge < -0.3 is 15.4 Å². The van der Waals surface area contributed by atoms with E-state index in [2.05, 4.69) is 15.6 Å². The number of rotatable bonds is 7. The van der Waals surface area contributed by atoms with Crippen molar-refractivity contribution in [2.75, 3.05) is 17.7 Å². The maximum absolute atomic E-state index is 12.6. The van der Waals surface area contributed by atoms with Gasteiger partial charge in [0.05, 0.1) is 23.7 Å². The predicted molar refractivity (Wildman–Crippen MR) is 129 cm³/mol. The van der Waals surface area contributed by atoms with Crippen molar-refractivity contribution in [1.29, 1.82) is 0 Å². The zero-order chi connectivity index (χ0) is 25.8. The largest absolute Gasteiger partial charge is 0.465 e. The molecule has 0 aliphatic carbocycles. The summed E-state index contributed by atoms with van der Waals surface area (Å²) in [6.45, 7) is 3.66. The van der Waals surface area contributed by atoms with Gasteiger partial charge in [-0.05, 0) is 42.2 Å². The molecular weight excluding hydrogens is 483 g/mol. The van der Waals surface area contributed by atoms with Crippen LogP contribution in [0.15, 0.2) is 54.7 Å². The number of benzene rings is 2. The molecule has 0 fully saturated rings. The number of methoxy groups -OCH3 is 1. The van der Waals surface area contributed by atoms with E-state index in [0.717, 1.165) is 22.3 Å². The summed E-state index contributed by atoms with van der Waals surface area (Å²) in [7, 11) is 1.33. The first-order valence-corrected chi connectivity index (χ1v) is 10.9. The number of carbonyl (C=O) groups excluding carboxylic acids is 2. The Kier molecular flexibility index (Phi) is 8.01. The molecule has 1 heterocycles. The number of hydrogen-bond donors (Lipinski definition) is 2. The summed E-state index contributed by atoms with van der Waals surface area (Å²) in [5, 5.41) is 5.32. The Morgan fingerprint density at radius 1 is 1.11 bits per heavy atom. The van der Waals surface area contributed by atoms with Crippen molar-refractivity contribution >= 4 is 35.0 Å². The second-order valence-electron chi connectivity index (χ2n) is 7.83. The van der Waals surface area contributed by atoms with Gasteiger partial charge in [0.1, 0.15) is 12.1 Å². The molecule has 6 nitrogen and oxygen atoms in total. The standard InChI is InChI=1S/C25H23ClF3N3O3/c1-14-5-4-6-18(21(14)24(34)35-3)17-9-7-16(8-10-17)15(2)31-23-22(19(26)11-12-30-23)32-20(33)13-25(27,28)29/h4-12,15H,13H2,1-3H3,(H,30,31)(H,32,33). The summed E-state index contributed by atoms with van der Waals surface area (Å²) in [5.41, 5.74) is 3.61. The van der Waals surface area contributed by atoms with Crippen molar-refractivity contribution in [3.8, 4) is 11.1 Å². The molecule has 1 aromatic heterocycles. The third kappa shape index (κ3) is 6.51. The average Bonchev–Trinajstić information content (AvgIpc) is 2.79. The zero-order valence-corrected chi connectivity index (χ0v) is 19.9. The minimum Gasteiger partial charge on any atom is -0.465 e. The number of aromatic nitrogens is 1. The number of pyridine rings is 1. The molecule has 3 aromatic rings. The molecule has 0 aliphatic rings. The SMILES string of the molecule is COC(=O)c1c(C)cccc1-c1ccc(C(C)Nc2nccc(Cl)c2NC(=O)CC(F)(F)F)cc1. The van der Waals surface area contributed by atoms with Crippen LogP contribution >= 0.6 is 11.6 Å². The Bertz CT molecular complexity index is 1230. The van der Waals surface area contributed by atoms with Crippen LogP contribution in [0.3, 0.4) is 0 Å². The van der Waals surface area contributed by atoms with Gasteiger partial charge >= 0.3 is 12.1 Å². The average molecular weight is 506 g/mol. The summed E-state index contributed by atoms with van der Waals surface area (Å²) in [6, 6.07) is 14.0. The minimum atomic E-state index is -4.65. The van der Waals surface area contributed by atoms with Gasteiger partial charge in [-0.2, -0.15) is 13.2 Å². The van der Waals surface area contributed by atoms with Gasteiger partial charge in [-0.25, -0.2) is 9.78 Å². The number of halogens is 4. The Morgan fingerprint density at radius 3 is 2.43 bits per heavy atom. The van der Waals surface area contributed by atoms with E-state index >= 15 is 0 Å².